The molecule has 0 bridgehead atoms. The molecule has 0 unspecified atom stereocenters. The van der Waals surface area contributed by atoms with E-state index in [1.807, 2.05) is 0 Å². The van der Waals surface area contributed by atoms with Crippen LogP contribution in [0.5, 0.6) is 0 Å². The van der Waals surface area contributed by atoms with Crippen molar-refractivity contribution in [2.24, 2.45) is 0 Å². The predicted octanol–water partition coefficient (Wildman–Crippen LogP) is 2.45. The van der Waals surface area contributed by atoms with Gasteiger partial charge < -0.3 is 15.0 Å². The highest BCUT2D eigenvalue weighted by atomic mass is 19.1. The highest BCUT2D eigenvalue weighted by Gasteiger charge is 2.21. The van der Waals surface area contributed by atoms with Crippen molar-refractivity contribution in [3.05, 3.63) is 58.2 Å². The summed E-state index contributed by atoms with van der Waals surface area (Å²) in [5.74, 6) is -1.69. The molecule has 0 radical (unpaired) electrons. The second kappa shape index (κ2) is 7.74. The Balaban J connectivity index is 1.89. The third-order valence-electron chi connectivity index (χ3n) is 3.73. The van der Waals surface area contributed by atoms with Gasteiger partial charge in [0.15, 0.2) is 12.4 Å². The SMILES string of the molecule is CC(=O)c1c(C)[nH]c(C(=O)OCC(=O)NCc2ccc(F)cc2)c1C. The van der Waals surface area contributed by atoms with Gasteiger partial charge in [-0.1, -0.05) is 12.1 Å². The minimum atomic E-state index is -0.704. The third-order valence-corrected chi connectivity index (χ3v) is 3.73. The summed E-state index contributed by atoms with van der Waals surface area (Å²) in [6.45, 7) is 4.50. The Morgan fingerprint density at radius 2 is 1.80 bits per heavy atom. The van der Waals surface area contributed by atoms with Gasteiger partial charge in [0.05, 0.1) is 0 Å². The summed E-state index contributed by atoms with van der Waals surface area (Å²) >= 11 is 0. The summed E-state index contributed by atoms with van der Waals surface area (Å²) in [5, 5.41) is 2.57. The van der Waals surface area contributed by atoms with E-state index in [1.165, 1.54) is 19.1 Å². The molecule has 0 saturated heterocycles. The average Bonchev–Trinajstić information content (AvgIpc) is 2.86. The van der Waals surface area contributed by atoms with E-state index >= 15 is 0 Å². The van der Waals surface area contributed by atoms with Crippen molar-refractivity contribution in [2.75, 3.05) is 6.61 Å². The summed E-state index contributed by atoms with van der Waals surface area (Å²) in [7, 11) is 0. The second-order valence-corrected chi connectivity index (χ2v) is 5.66. The topological polar surface area (TPSA) is 88.3 Å². The normalized spacial score (nSPS) is 10.4. The van der Waals surface area contributed by atoms with E-state index < -0.39 is 18.5 Å². The van der Waals surface area contributed by atoms with Crippen LogP contribution in [0.2, 0.25) is 0 Å². The zero-order chi connectivity index (χ0) is 18.6. The number of H-pyrrole nitrogens is 1. The summed E-state index contributed by atoms with van der Waals surface area (Å²) < 4.78 is 17.8. The lowest BCUT2D eigenvalue weighted by Crippen LogP contribution is -2.28. The summed E-state index contributed by atoms with van der Waals surface area (Å²) in [5.41, 5.74) is 2.42. The molecule has 2 rings (SSSR count). The number of halogens is 1. The van der Waals surface area contributed by atoms with Gasteiger partial charge in [0, 0.05) is 17.8 Å². The number of carbonyl (C=O) groups excluding carboxylic acids is 3. The molecule has 132 valence electrons. The monoisotopic (exact) mass is 346 g/mol. The van der Waals surface area contributed by atoms with Crippen molar-refractivity contribution >= 4 is 17.7 Å². The first-order valence-electron chi connectivity index (χ1n) is 7.68. The standard InChI is InChI=1S/C18H19FN2O4/c1-10-16(12(3)22)11(2)21-17(10)18(24)25-9-15(23)20-8-13-4-6-14(19)7-5-13/h4-7,21H,8-9H2,1-3H3,(H,20,23). The average molecular weight is 346 g/mol. The number of nitrogens with one attached hydrogen (secondary N) is 2. The molecular weight excluding hydrogens is 327 g/mol. The lowest BCUT2D eigenvalue weighted by atomic mass is 10.1. The van der Waals surface area contributed by atoms with Crippen molar-refractivity contribution in [3.8, 4) is 0 Å². The fraction of sp³-hybridized carbons (Fsp3) is 0.278. The minimum Gasteiger partial charge on any atom is -0.451 e. The number of rotatable bonds is 6. The quantitative estimate of drug-likeness (QED) is 0.621. The van der Waals surface area contributed by atoms with Crippen LogP contribution in [0.25, 0.3) is 0 Å². The van der Waals surface area contributed by atoms with E-state index in [4.69, 9.17) is 4.74 Å². The van der Waals surface area contributed by atoms with Gasteiger partial charge in [-0.25, -0.2) is 9.18 Å². The summed E-state index contributed by atoms with van der Waals surface area (Å²) in [4.78, 5) is 38.2. The van der Waals surface area contributed by atoms with Crippen molar-refractivity contribution in [2.45, 2.75) is 27.3 Å². The molecule has 1 heterocycles. The molecule has 6 nitrogen and oxygen atoms in total. The Morgan fingerprint density at radius 3 is 2.36 bits per heavy atom. The van der Waals surface area contributed by atoms with Crippen molar-refractivity contribution in [1.82, 2.24) is 10.3 Å². The second-order valence-electron chi connectivity index (χ2n) is 5.66. The number of carbonyl (C=O) groups is 3. The first-order chi connectivity index (χ1) is 11.8. The Kier molecular flexibility index (Phi) is 5.69. The van der Waals surface area contributed by atoms with Gasteiger partial charge in [-0.05, 0) is 44.0 Å². The van der Waals surface area contributed by atoms with Gasteiger partial charge in [-0.3, -0.25) is 9.59 Å². The van der Waals surface area contributed by atoms with Gasteiger partial charge >= 0.3 is 5.97 Å². The number of amides is 1. The predicted molar refractivity (Wildman–Crippen MR) is 88.8 cm³/mol. The third kappa shape index (κ3) is 4.53. The molecular formula is C18H19FN2O4. The van der Waals surface area contributed by atoms with Crippen LogP contribution in [-0.2, 0) is 16.1 Å². The molecule has 0 atom stereocenters. The Hall–Kier alpha value is -2.96. The fourth-order valence-electron chi connectivity index (χ4n) is 2.54. The highest BCUT2D eigenvalue weighted by Crippen LogP contribution is 2.19. The van der Waals surface area contributed by atoms with Crippen LogP contribution in [0.4, 0.5) is 4.39 Å². The van der Waals surface area contributed by atoms with Crippen LogP contribution in [0.3, 0.4) is 0 Å². The van der Waals surface area contributed by atoms with Gasteiger partial charge in [-0.15, -0.1) is 0 Å². The molecule has 0 aliphatic heterocycles. The van der Waals surface area contributed by atoms with Gasteiger partial charge in [0.25, 0.3) is 5.91 Å². The first kappa shape index (κ1) is 18.4. The van der Waals surface area contributed by atoms with Crippen molar-refractivity contribution < 1.29 is 23.5 Å². The smallest absolute Gasteiger partial charge is 0.355 e. The lowest BCUT2D eigenvalue weighted by Gasteiger charge is -2.07. The van der Waals surface area contributed by atoms with E-state index in [-0.39, 0.29) is 23.8 Å². The zero-order valence-electron chi connectivity index (χ0n) is 14.2. The molecule has 1 amide bonds. The summed E-state index contributed by atoms with van der Waals surface area (Å²) in [6, 6.07) is 5.70. The number of esters is 1. The van der Waals surface area contributed by atoms with Crippen molar-refractivity contribution in [3.63, 3.8) is 0 Å². The Morgan fingerprint density at radius 1 is 1.16 bits per heavy atom. The maximum atomic E-state index is 12.8. The Bertz CT molecular complexity index is 809. The number of Topliss-reactive ketones (excluding diaryl/α,β-unsaturated/α-hetero) is 1. The molecule has 0 aliphatic rings. The molecule has 2 N–H and O–H groups in total. The number of aromatic nitrogens is 1. The molecule has 0 fully saturated rings. The number of ketones is 1. The molecule has 1 aromatic heterocycles. The molecule has 7 heteroatoms. The van der Waals surface area contributed by atoms with E-state index in [9.17, 15) is 18.8 Å². The molecule has 0 spiro atoms. The van der Waals surface area contributed by atoms with Crippen LogP contribution >= 0.6 is 0 Å². The zero-order valence-corrected chi connectivity index (χ0v) is 14.2. The summed E-state index contributed by atoms with van der Waals surface area (Å²) in [6.07, 6.45) is 0. The van der Waals surface area contributed by atoms with Crippen LogP contribution in [-0.4, -0.2) is 29.3 Å². The molecule has 1 aromatic carbocycles. The minimum absolute atomic E-state index is 0.151. The maximum absolute atomic E-state index is 12.8. The lowest BCUT2D eigenvalue weighted by molar-refractivity contribution is -0.124. The molecule has 25 heavy (non-hydrogen) atoms. The first-order valence-corrected chi connectivity index (χ1v) is 7.68. The van der Waals surface area contributed by atoms with Crippen LogP contribution in [0, 0.1) is 19.7 Å². The van der Waals surface area contributed by atoms with E-state index in [1.54, 1.807) is 26.0 Å². The number of hydrogen-bond acceptors (Lipinski definition) is 4. The van der Waals surface area contributed by atoms with Gasteiger partial charge in [0.1, 0.15) is 11.5 Å². The van der Waals surface area contributed by atoms with E-state index in [0.29, 0.717) is 16.8 Å². The Labute approximate surface area is 144 Å². The number of benzene rings is 1. The van der Waals surface area contributed by atoms with E-state index in [0.717, 1.165) is 5.56 Å². The number of hydrogen-bond donors (Lipinski definition) is 2. The van der Waals surface area contributed by atoms with Gasteiger partial charge in [-0.2, -0.15) is 0 Å². The van der Waals surface area contributed by atoms with Gasteiger partial charge in [0.2, 0.25) is 0 Å². The fourth-order valence-corrected chi connectivity index (χ4v) is 2.54. The van der Waals surface area contributed by atoms with Crippen LogP contribution in [0.1, 0.15) is 44.6 Å². The maximum Gasteiger partial charge on any atom is 0.355 e. The number of ether oxygens (including phenoxy) is 1. The van der Waals surface area contributed by atoms with Crippen LogP contribution in [0.15, 0.2) is 24.3 Å². The molecule has 0 aliphatic carbocycles. The number of aromatic amines is 1. The molecule has 2 aromatic rings. The molecule has 0 saturated carbocycles. The van der Waals surface area contributed by atoms with Crippen molar-refractivity contribution in [1.29, 1.82) is 0 Å². The number of aryl methyl sites for hydroxylation is 1. The van der Waals surface area contributed by atoms with E-state index in [2.05, 4.69) is 10.3 Å². The van der Waals surface area contributed by atoms with Crippen LogP contribution < -0.4 is 5.32 Å². The largest absolute Gasteiger partial charge is 0.451 e. The highest BCUT2D eigenvalue weighted by molar-refractivity contribution is 6.01.